The van der Waals surface area contributed by atoms with Gasteiger partial charge in [-0.1, -0.05) is 26.0 Å². The minimum Gasteiger partial charge on any atom is -0.364 e. The highest BCUT2D eigenvalue weighted by atomic mass is 19.1. The average Bonchev–Trinajstić information content (AvgIpc) is 3.65. The summed E-state index contributed by atoms with van der Waals surface area (Å²) >= 11 is 0. The Morgan fingerprint density at radius 2 is 1.92 bits per heavy atom. The van der Waals surface area contributed by atoms with Gasteiger partial charge in [-0.05, 0) is 50.2 Å². The third-order valence-corrected chi connectivity index (χ3v) is 8.18. The molecule has 2 aromatic heterocycles. The number of aryl methyl sites for hydroxylation is 1. The Labute approximate surface area is 211 Å². The van der Waals surface area contributed by atoms with Crippen LogP contribution in [0.1, 0.15) is 69.5 Å². The minimum absolute atomic E-state index is 0.0436. The molecule has 1 saturated heterocycles. The lowest BCUT2D eigenvalue weighted by atomic mass is 9.95. The van der Waals surface area contributed by atoms with Crippen molar-refractivity contribution in [3.8, 4) is 6.07 Å². The van der Waals surface area contributed by atoms with Gasteiger partial charge in [-0.2, -0.15) is 10.4 Å². The molecule has 0 N–H and O–H groups in total. The van der Waals surface area contributed by atoms with Crippen molar-refractivity contribution in [2.24, 2.45) is 7.05 Å². The largest absolute Gasteiger partial charge is 0.364 e. The first-order chi connectivity index (χ1) is 17.4. The number of anilines is 1. The number of nitrogens with zero attached hydrogens (tertiary/aromatic N) is 6. The van der Waals surface area contributed by atoms with E-state index in [1.54, 1.807) is 34.6 Å². The Balaban J connectivity index is 1.48. The maximum atomic E-state index is 15.2. The Morgan fingerprint density at radius 1 is 1.17 bits per heavy atom. The molecule has 0 amide bonds. The van der Waals surface area contributed by atoms with Crippen LogP contribution in [0, 0.1) is 17.1 Å². The molecule has 1 aromatic carbocycles. The van der Waals surface area contributed by atoms with E-state index in [1.807, 2.05) is 6.07 Å². The molecule has 5 rings (SSSR count). The van der Waals surface area contributed by atoms with Crippen LogP contribution in [-0.2, 0) is 13.6 Å². The van der Waals surface area contributed by atoms with Crippen LogP contribution in [0.3, 0.4) is 0 Å². The van der Waals surface area contributed by atoms with Gasteiger partial charge >= 0.3 is 0 Å². The van der Waals surface area contributed by atoms with Crippen LogP contribution < -0.4 is 10.5 Å². The van der Waals surface area contributed by atoms with Gasteiger partial charge in [0.25, 0.3) is 5.56 Å². The van der Waals surface area contributed by atoms with Gasteiger partial charge in [0.05, 0.1) is 23.5 Å². The zero-order chi connectivity index (χ0) is 25.6. The second kappa shape index (κ2) is 9.70. The Kier molecular flexibility index (Phi) is 6.60. The Hall–Kier alpha value is -3.18. The fourth-order valence-electron chi connectivity index (χ4n) is 5.80. The minimum atomic E-state index is -0.103. The summed E-state index contributed by atoms with van der Waals surface area (Å²) in [6.07, 6.45) is 5.90. The van der Waals surface area contributed by atoms with Gasteiger partial charge in [-0.25, -0.2) is 4.39 Å². The van der Waals surface area contributed by atoms with E-state index in [4.69, 9.17) is 5.26 Å². The molecule has 0 spiro atoms. The first-order valence-corrected chi connectivity index (χ1v) is 13.1. The number of benzene rings is 1. The number of nitriles is 1. The number of pyridine rings is 1. The van der Waals surface area contributed by atoms with Crippen LogP contribution in [0.4, 0.5) is 10.1 Å². The lowest BCUT2D eigenvalue weighted by molar-refractivity contribution is 0.0993. The molecule has 0 radical (unpaired) electrons. The van der Waals surface area contributed by atoms with Crippen molar-refractivity contribution >= 4 is 16.7 Å². The van der Waals surface area contributed by atoms with Crippen molar-refractivity contribution in [3.05, 3.63) is 57.8 Å². The van der Waals surface area contributed by atoms with Crippen molar-refractivity contribution in [2.75, 3.05) is 18.0 Å². The summed E-state index contributed by atoms with van der Waals surface area (Å²) in [7, 11) is 1.74. The van der Waals surface area contributed by atoms with Gasteiger partial charge in [-0.15, -0.1) is 0 Å². The molecule has 1 aliphatic carbocycles. The molecular formula is C28H35FN6O. The van der Waals surface area contributed by atoms with Crippen LogP contribution in [0.15, 0.2) is 35.3 Å². The second-order valence-corrected chi connectivity index (χ2v) is 10.3. The van der Waals surface area contributed by atoms with Crippen LogP contribution >= 0.6 is 0 Å². The zero-order valence-corrected chi connectivity index (χ0v) is 21.6. The van der Waals surface area contributed by atoms with Gasteiger partial charge in [0, 0.05) is 49.9 Å². The highest BCUT2D eigenvalue weighted by Gasteiger charge is 2.37. The number of halogens is 1. The van der Waals surface area contributed by atoms with Crippen LogP contribution in [0.25, 0.3) is 11.0 Å². The molecule has 3 atom stereocenters. The molecule has 3 aromatic rings. The highest BCUT2D eigenvalue weighted by molar-refractivity contribution is 5.88. The normalized spacial score (nSPS) is 21.6. The Bertz CT molecular complexity index is 1370. The summed E-state index contributed by atoms with van der Waals surface area (Å²) < 4.78 is 18.4. The SMILES string of the molecule is CC[C@H]1CN(C(C)c2ccc(C3CC3)cc2F)[C@H](CC)CN1c1cc(=O)n(C)c2cn(CC#N)nc12. The van der Waals surface area contributed by atoms with Crippen molar-refractivity contribution in [1.82, 2.24) is 19.2 Å². The molecular weight excluding hydrogens is 455 g/mol. The first-order valence-electron chi connectivity index (χ1n) is 13.1. The van der Waals surface area contributed by atoms with E-state index in [9.17, 15) is 4.79 Å². The van der Waals surface area contributed by atoms with Gasteiger partial charge in [0.1, 0.15) is 17.9 Å². The van der Waals surface area contributed by atoms with E-state index in [-0.39, 0.29) is 36.0 Å². The molecule has 7 nitrogen and oxygen atoms in total. The second-order valence-electron chi connectivity index (χ2n) is 10.3. The van der Waals surface area contributed by atoms with E-state index in [0.29, 0.717) is 5.92 Å². The third-order valence-electron chi connectivity index (χ3n) is 8.18. The summed E-state index contributed by atoms with van der Waals surface area (Å²) in [6.45, 7) is 8.07. The van der Waals surface area contributed by atoms with E-state index < -0.39 is 0 Å². The molecule has 1 unspecified atom stereocenters. The molecule has 8 heteroatoms. The van der Waals surface area contributed by atoms with Crippen molar-refractivity contribution in [2.45, 2.75) is 77.0 Å². The van der Waals surface area contributed by atoms with Crippen molar-refractivity contribution in [3.63, 3.8) is 0 Å². The molecule has 0 bridgehead atoms. The standard InChI is InChI=1S/C28H35FN6O/c1-5-21-16-35(25-14-27(36)32(4)26-17-33(12-11-30)31-28(25)26)22(6-2)15-34(21)18(3)23-10-9-20(13-24(23)29)19-7-8-19/h9-10,13-14,17-19,21-22H,5-8,12,15-16H2,1-4H3/t18?,21-,22+/m1/s1. The van der Waals surface area contributed by atoms with Gasteiger partial charge in [0.2, 0.25) is 0 Å². The molecule has 2 aliphatic rings. The fraction of sp³-hybridized carbons (Fsp3) is 0.536. The lowest BCUT2D eigenvalue weighted by Gasteiger charge is -2.49. The average molecular weight is 491 g/mol. The maximum absolute atomic E-state index is 15.2. The van der Waals surface area contributed by atoms with Gasteiger partial charge in [-0.3, -0.25) is 14.4 Å². The van der Waals surface area contributed by atoms with Gasteiger partial charge < -0.3 is 9.47 Å². The summed E-state index contributed by atoms with van der Waals surface area (Å²) in [4.78, 5) is 17.6. The van der Waals surface area contributed by atoms with Crippen molar-refractivity contribution in [1.29, 1.82) is 5.26 Å². The molecule has 190 valence electrons. The highest BCUT2D eigenvalue weighted by Crippen LogP contribution is 2.41. The van der Waals surface area contributed by atoms with Crippen molar-refractivity contribution < 1.29 is 4.39 Å². The van der Waals surface area contributed by atoms with E-state index in [1.165, 1.54) is 0 Å². The molecule has 36 heavy (non-hydrogen) atoms. The van der Waals surface area contributed by atoms with Gasteiger partial charge in [0.15, 0.2) is 0 Å². The lowest BCUT2D eigenvalue weighted by Crippen LogP contribution is -2.59. The summed E-state index contributed by atoms with van der Waals surface area (Å²) in [5.74, 6) is 0.431. The van der Waals surface area contributed by atoms with Crippen LogP contribution in [-0.4, -0.2) is 44.4 Å². The predicted octanol–water partition coefficient (Wildman–Crippen LogP) is 4.72. The maximum Gasteiger partial charge on any atom is 0.252 e. The van der Waals surface area contributed by atoms with E-state index in [0.717, 1.165) is 66.6 Å². The molecule has 1 aliphatic heterocycles. The van der Waals surface area contributed by atoms with E-state index in [2.05, 4.69) is 47.8 Å². The summed E-state index contributed by atoms with van der Waals surface area (Å²) in [6, 6.07) is 9.95. The first kappa shape index (κ1) is 24.5. The molecule has 1 saturated carbocycles. The molecule has 3 heterocycles. The Morgan fingerprint density at radius 3 is 2.56 bits per heavy atom. The monoisotopic (exact) mass is 490 g/mol. The molecule has 2 fully saturated rings. The number of fused-ring (bicyclic) bond motifs is 1. The number of hydrogen-bond acceptors (Lipinski definition) is 5. The number of hydrogen-bond donors (Lipinski definition) is 0. The van der Waals surface area contributed by atoms with Crippen LogP contribution in [0.5, 0.6) is 0 Å². The predicted molar refractivity (Wildman–Crippen MR) is 140 cm³/mol. The smallest absolute Gasteiger partial charge is 0.252 e. The number of piperazine rings is 1. The summed E-state index contributed by atoms with van der Waals surface area (Å²) in [5, 5.41) is 13.8. The van der Waals surface area contributed by atoms with Crippen LogP contribution in [0.2, 0.25) is 0 Å². The summed E-state index contributed by atoms with van der Waals surface area (Å²) in [5.41, 5.74) is 4.07. The van der Waals surface area contributed by atoms with E-state index >= 15 is 4.39 Å². The third kappa shape index (κ3) is 4.30. The number of rotatable bonds is 7. The topological polar surface area (TPSA) is 70.1 Å². The fourth-order valence-corrected chi connectivity index (χ4v) is 5.80. The quantitative estimate of drug-likeness (QED) is 0.480. The number of aromatic nitrogens is 3. The zero-order valence-electron chi connectivity index (χ0n) is 21.6.